The normalized spacial score (nSPS) is 12.8. The third-order valence-corrected chi connectivity index (χ3v) is 2.71. The van der Waals surface area contributed by atoms with Crippen molar-refractivity contribution in [3.05, 3.63) is 35.4 Å². The number of carboxylic acid groups (broad SMARTS) is 1. The quantitative estimate of drug-likeness (QED) is 0.819. The lowest BCUT2D eigenvalue weighted by atomic mass is 10.0. The second-order valence-corrected chi connectivity index (χ2v) is 4.21. The minimum atomic E-state index is -4.56. The van der Waals surface area contributed by atoms with Gasteiger partial charge in [0.1, 0.15) is 0 Å². The molecule has 0 aromatic heterocycles. The molecule has 110 valence electrons. The van der Waals surface area contributed by atoms with Crippen molar-refractivity contribution in [1.82, 2.24) is 4.90 Å². The number of hydrogen-bond acceptors (Lipinski definition) is 2. The number of nitrogens with zero attached hydrogens (tertiary/aromatic N) is 1. The van der Waals surface area contributed by atoms with Gasteiger partial charge in [0, 0.05) is 6.54 Å². The van der Waals surface area contributed by atoms with Crippen LogP contribution in [-0.4, -0.2) is 28.9 Å². The fourth-order valence-corrected chi connectivity index (χ4v) is 1.86. The van der Waals surface area contributed by atoms with Crippen LogP contribution in [0.3, 0.4) is 0 Å². The Morgan fingerprint density at radius 3 is 2.55 bits per heavy atom. The van der Waals surface area contributed by atoms with E-state index in [9.17, 15) is 22.8 Å². The SMILES string of the molecule is CCCN(C=O)C(C(=O)O)c1cccc(C(F)(F)F)c1. The zero-order chi connectivity index (χ0) is 15.3. The van der Waals surface area contributed by atoms with E-state index in [4.69, 9.17) is 5.11 Å². The average molecular weight is 289 g/mol. The van der Waals surface area contributed by atoms with Gasteiger partial charge < -0.3 is 10.0 Å². The Bertz CT molecular complexity index is 488. The molecule has 1 atom stereocenters. The fourth-order valence-electron chi connectivity index (χ4n) is 1.86. The number of carbonyl (C=O) groups excluding carboxylic acids is 1. The Morgan fingerprint density at radius 1 is 1.45 bits per heavy atom. The summed E-state index contributed by atoms with van der Waals surface area (Å²) in [5.74, 6) is -1.37. The minimum Gasteiger partial charge on any atom is -0.479 e. The zero-order valence-electron chi connectivity index (χ0n) is 10.7. The highest BCUT2D eigenvalue weighted by atomic mass is 19.4. The number of amides is 1. The molecule has 7 heteroatoms. The van der Waals surface area contributed by atoms with Crippen LogP contribution < -0.4 is 0 Å². The van der Waals surface area contributed by atoms with Crippen LogP contribution in [-0.2, 0) is 15.8 Å². The molecule has 0 saturated heterocycles. The van der Waals surface area contributed by atoms with Crippen molar-refractivity contribution in [3.63, 3.8) is 0 Å². The second-order valence-electron chi connectivity index (χ2n) is 4.21. The van der Waals surface area contributed by atoms with Gasteiger partial charge in [-0.15, -0.1) is 0 Å². The molecule has 1 N–H and O–H groups in total. The molecule has 0 radical (unpaired) electrons. The molecule has 4 nitrogen and oxygen atoms in total. The van der Waals surface area contributed by atoms with E-state index in [0.717, 1.165) is 23.1 Å². The van der Waals surface area contributed by atoms with Crippen LogP contribution in [0.1, 0.15) is 30.5 Å². The summed E-state index contributed by atoms with van der Waals surface area (Å²) < 4.78 is 37.9. The Morgan fingerprint density at radius 2 is 2.10 bits per heavy atom. The Kier molecular flexibility index (Phi) is 5.12. The first-order valence-electron chi connectivity index (χ1n) is 5.92. The minimum absolute atomic E-state index is 0.0760. The van der Waals surface area contributed by atoms with Crippen molar-refractivity contribution in [2.45, 2.75) is 25.6 Å². The van der Waals surface area contributed by atoms with Gasteiger partial charge in [-0.3, -0.25) is 4.79 Å². The summed E-state index contributed by atoms with van der Waals surface area (Å²) in [4.78, 5) is 23.2. The van der Waals surface area contributed by atoms with E-state index in [2.05, 4.69) is 0 Å². The van der Waals surface area contributed by atoms with Crippen LogP contribution in [0, 0.1) is 0 Å². The number of rotatable bonds is 6. The van der Waals surface area contributed by atoms with Crippen molar-refractivity contribution < 1.29 is 27.9 Å². The highest BCUT2D eigenvalue weighted by Crippen LogP contribution is 2.31. The molecule has 1 rings (SSSR count). The summed E-state index contributed by atoms with van der Waals surface area (Å²) in [7, 11) is 0. The Balaban J connectivity index is 3.22. The van der Waals surface area contributed by atoms with E-state index < -0.39 is 23.8 Å². The molecule has 0 spiro atoms. The van der Waals surface area contributed by atoms with Crippen molar-refractivity contribution in [2.75, 3.05) is 6.54 Å². The maximum absolute atomic E-state index is 12.6. The lowest BCUT2D eigenvalue weighted by Gasteiger charge is -2.25. The Hall–Kier alpha value is -2.05. The first-order valence-corrected chi connectivity index (χ1v) is 5.92. The van der Waals surface area contributed by atoms with Gasteiger partial charge in [-0.2, -0.15) is 13.2 Å². The molecule has 0 bridgehead atoms. The summed E-state index contributed by atoms with van der Waals surface area (Å²) in [6.07, 6.45) is -3.72. The fraction of sp³-hybridized carbons (Fsp3) is 0.385. The molecule has 1 amide bonds. The van der Waals surface area contributed by atoms with Crippen molar-refractivity contribution in [3.8, 4) is 0 Å². The van der Waals surface area contributed by atoms with Crippen LogP contribution in [0.15, 0.2) is 24.3 Å². The maximum Gasteiger partial charge on any atom is 0.416 e. The van der Waals surface area contributed by atoms with Gasteiger partial charge >= 0.3 is 12.1 Å². The van der Waals surface area contributed by atoms with Gasteiger partial charge in [-0.25, -0.2) is 4.79 Å². The monoisotopic (exact) mass is 289 g/mol. The highest BCUT2D eigenvalue weighted by Gasteiger charge is 2.33. The van der Waals surface area contributed by atoms with Gasteiger partial charge in [0.05, 0.1) is 5.56 Å². The molecule has 1 aromatic rings. The summed E-state index contributed by atoms with van der Waals surface area (Å²) in [6.45, 7) is 1.89. The van der Waals surface area contributed by atoms with Gasteiger partial charge in [0.15, 0.2) is 6.04 Å². The first kappa shape index (κ1) is 16.0. The van der Waals surface area contributed by atoms with Gasteiger partial charge in [-0.05, 0) is 24.1 Å². The van der Waals surface area contributed by atoms with E-state index >= 15 is 0 Å². The van der Waals surface area contributed by atoms with E-state index in [0.29, 0.717) is 12.8 Å². The number of carboxylic acids is 1. The largest absolute Gasteiger partial charge is 0.479 e. The Labute approximate surface area is 113 Å². The van der Waals surface area contributed by atoms with Crippen LogP contribution in [0.25, 0.3) is 0 Å². The molecule has 1 aromatic carbocycles. The van der Waals surface area contributed by atoms with Gasteiger partial charge in [-0.1, -0.05) is 19.1 Å². The molecule has 0 aliphatic carbocycles. The topological polar surface area (TPSA) is 57.6 Å². The average Bonchev–Trinajstić information content (AvgIpc) is 2.37. The lowest BCUT2D eigenvalue weighted by molar-refractivity contribution is -0.147. The van der Waals surface area contributed by atoms with Crippen molar-refractivity contribution in [1.29, 1.82) is 0 Å². The molecule has 0 aliphatic rings. The van der Waals surface area contributed by atoms with E-state index in [1.807, 2.05) is 0 Å². The van der Waals surface area contributed by atoms with Gasteiger partial charge in [0.25, 0.3) is 0 Å². The standard InChI is InChI=1S/C13H14F3NO3/c1-2-6-17(8-18)11(12(19)20)9-4-3-5-10(7-9)13(14,15)16/h3-5,7-8,11H,2,6H2,1H3,(H,19,20). The molecular weight excluding hydrogens is 275 g/mol. The van der Waals surface area contributed by atoms with Crippen LogP contribution in [0.5, 0.6) is 0 Å². The molecular formula is C13H14F3NO3. The number of aliphatic carboxylic acids is 1. The van der Waals surface area contributed by atoms with Gasteiger partial charge in [0.2, 0.25) is 6.41 Å². The summed E-state index contributed by atoms with van der Waals surface area (Å²) in [5, 5.41) is 9.17. The highest BCUT2D eigenvalue weighted by molar-refractivity contribution is 5.78. The molecule has 1 unspecified atom stereocenters. The van der Waals surface area contributed by atoms with E-state index in [-0.39, 0.29) is 12.1 Å². The number of carbonyl (C=O) groups is 2. The second kappa shape index (κ2) is 6.40. The predicted octanol–water partition coefficient (Wildman–Crippen LogP) is 2.70. The van der Waals surface area contributed by atoms with E-state index in [1.165, 1.54) is 6.07 Å². The third kappa shape index (κ3) is 3.72. The smallest absolute Gasteiger partial charge is 0.416 e. The number of halogens is 3. The maximum atomic E-state index is 12.6. The summed E-state index contributed by atoms with van der Waals surface area (Å²) in [6, 6.07) is 2.58. The number of alkyl halides is 3. The number of hydrogen-bond donors (Lipinski definition) is 1. The summed E-state index contributed by atoms with van der Waals surface area (Å²) >= 11 is 0. The van der Waals surface area contributed by atoms with Crippen molar-refractivity contribution >= 4 is 12.4 Å². The number of benzene rings is 1. The predicted molar refractivity (Wildman–Crippen MR) is 64.9 cm³/mol. The van der Waals surface area contributed by atoms with Crippen LogP contribution in [0.4, 0.5) is 13.2 Å². The molecule has 0 aliphatic heterocycles. The van der Waals surface area contributed by atoms with Crippen LogP contribution in [0.2, 0.25) is 0 Å². The van der Waals surface area contributed by atoms with Crippen LogP contribution >= 0.6 is 0 Å². The summed E-state index contributed by atoms with van der Waals surface area (Å²) in [5.41, 5.74) is -1.02. The third-order valence-electron chi connectivity index (χ3n) is 2.71. The molecule has 0 saturated carbocycles. The molecule has 20 heavy (non-hydrogen) atoms. The lowest BCUT2D eigenvalue weighted by Crippen LogP contribution is -2.33. The van der Waals surface area contributed by atoms with E-state index in [1.54, 1.807) is 6.92 Å². The molecule has 0 fully saturated rings. The first-order chi connectivity index (χ1) is 9.31. The zero-order valence-corrected chi connectivity index (χ0v) is 10.7. The van der Waals surface area contributed by atoms with Crippen molar-refractivity contribution in [2.24, 2.45) is 0 Å². The molecule has 0 heterocycles.